The summed E-state index contributed by atoms with van der Waals surface area (Å²) >= 11 is 0. The minimum absolute atomic E-state index is 0.0129. The Bertz CT molecular complexity index is 920. The first-order chi connectivity index (χ1) is 16.4. The van der Waals surface area contributed by atoms with Gasteiger partial charge in [-0.2, -0.15) is 9.97 Å². The molecule has 1 amide bonds. The Labute approximate surface area is 207 Å². The second-order valence-corrected chi connectivity index (χ2v) is 10.4. The molecule has 11 heteroatoms. The molecule has 35 heavy (non-hydrogen) atoms. The van der Waals surface area contributed by atoms with Gasteiger partial charge in [0, 0.05) is 31.2 Å². The molecule has 11 nitrogen and oxygen atoms in total. The molecular formula is C24H40N6O5. The standard InChI is InChI=1S/C24H40N6O5/c1-8-33-21(31)19-18(25)20(27-22(26-19)34-14-17-10-9-11-28(17)7)29-12-16(3)30(13-15(29)2)23(32)35-24(4,5)6/h15-17H,8-14,25H2,1-7H3/t15-,16-,17-/m0/s1. The third-order valence-electron chi connectivity index (χ3n) is 6.34. The van der Waals surface area contributed by atoms with Gasteiger partial charge >= 0.3 is 18.1 Å². The molecule has 2 fully saturated rings. The van der Waals surface area contributed by atoms with Crippen molar-refractivity contribution in [3.05, 3.63) is 5.69 Å². The monoisotopic (exact) mass is 492 g/mol. The largest absolute Gasteiger partial charge is 0.462 e. The molecule has 2 N–H and O–H groups in total. The van der Waals surface area contributed by atoms with Gasteiger partial charge in [0.2, 0.25) is 0 Å². The average Bonchev–Trinajstić information content (AvgIpc) is 3.18. The van der Waals surface area contributed by atoms with Crippen LogP contribution in [0.4, 0.5) is 16.3 Å². The maximum absolute atomic E-state index is 12.7. The van der Waals surface area contributed by atoms with Gasteiger partial charge < -0.3 is 34.6 Å². The van der Waals surface area contributed by atoms with Gasteiger partial charge in [-0.15, -0.1) is 0 Å². The van der Waals surface area contributed by atoms with Crippen LogP contribution in [0, 0.1) is 0 Å². The van der Waals surface area contributed by atoms with Crippen molar-refractivity contribution in [1.29, 1.82) is 0 Å². The number of amides is 1. The van der Waals surface area contributed by atoms with Crippen molar-refractivity contribution < 1.29 is 23.8 Å². The van der Waals surface area contributed by atoms with E-state index in [0.29, 0.717) is 25.5 Å². The van der Waals surface area contributed by atoms with Gasteiger partial charge in [0.15, 0.2) is 11.5 Å². The SMILES string of the molecule is CCOC(=O)c1nc(OC[C@@H]2CCCN2C)nc(N2C[C@H](C)N(C(=O)OC(C)(C)C)C[C@@H]2C)c1N. The number of rotatable bonds is 6. The first-order valence-electron chi connectivity index (χ1n) is 12.3. The summed E-state index contributed by atoms with van der Waals surface area (Å²) in [6, 6.07) is 0.0479. The number of ether oxygens (including phenoxy) is 3. The summed E-state index contributed by atoms with van der Waals surface area (Å²) in [5.74, 6) is -0.217. The first kappa shape index (κ1) is 26.8. The highest BCUT2D eigenvalue weighted by Gasteiger charge is 2.37. The summed E-state index contributed by atoms with van der Waals surface area (Å²) < 4.78 is 16.7. The van der Waals surface area contributed by atoms with Crippen molar-refractivity contribution in [3.63, 3.8) is 0 Å². The summed E-state index contributed by atoms with van der Waals surface area (Å²) in [5.41, 5.74) is 5.95. The zero-order valence-corrected chi connectivity index (χ0v) is 22.0. The molecule has 1 aromatic heterocycles. The Morgan fingerprint density at radius 1 is 1.14 bits per heavy atom. The van der Waals surface area contributed by atoms with E-state index in [1.54, 1.807) is 11.8 Å². The highest BCUT2D eigenvalue weighted by Crippen LogP contribution is 2.31. The number of carbonyl (C=O) groups excluding carboxylic acids is 2. The summed E-state index contributed by atoms with van der Waals surface area (Å²) in [5, 5.41) is 0. The lowest BCUT2D eigenvalue weighted by Gasteiger charge is -2.45. The Hall–Kier alpha value is -2.82. The number of hydrogen-bond acceptors (Lipinski definition) is 10. The maximum Gasteiger partial charge on any atom is 0.410 e. The van der Waals surface area contributed by atoms with E-state index in [-0.39, 0.29) is 48.2 Å². The molecule has 0 saturated carbocycles. The van der Waals surface area contributed by atoms with E-state index >= 15 is 0 Å². The van der Waals surface area contributed by atoms with Crippen LogP contribution in [-0.4, -0.2) is 95.5 Å². The lowest BCUT2D eigenvalue weighted by atomic mass is 10.1. The molecule has 2 aliphatic heterocycles. The predicted octanol–water partition coefficient (Wildman–Crippen LogP) is 2.54. The number of nitrogens with two attached hydrogens (primary N) is 1. The number of piperazine rings is 1. The van der Waals surface area contributed by atoms with Gasteiger partial charge in [0.25, 0.3) is 0 Å². The highest BCUT2D eigenvalue weighted by atomic mass is 16.6. The molecule has 3 rings (SSSR count). The van der Waals surface area contributed by atoms with Crippen LogP contribution in [0.3, 0.4) is 0 Å². The Morgan fingerprint density at radius 2 is 1.86 bits per heavy atom. The second-order valence-electron chi connectivity index (χ2n) is 10.4. The van der Waals surface area contributed by atoms with Gasteiger partial charge in [-0.05, 0) is 68.0 Å². The van der Waals surface area contributed by atoms with E-state index in [0.717, 1.165) is 19.4 Å². The van der Waals surface area contributed by atoms with Crippen molar-refractivity contribution in [2.75, 3.05) is 50.5 Å². The summed E-state index contributed by atoms with van der Waals surface area (Å²) in [6.07, 6.45) is 1.79. The quantitative estimate of drug-likeness (QED) is 0.593. The van der Waals surface area contributed by atoms with Crippen LogP contribution in [0.15, 0.2) is 0 Å². The molecule has 1 aromatic rings. The molecule has 0 aliphatic carbocycles. The fraction of sp³-hybridized carbons (Fsp3) is 0.750. The molecule has 0 unspecified atom stereocenters. The predicted molar refractivity (Wildman–Crippen MR) is 133 cm³/mol. The first-order valence-corrected chi connectivity index (χ1v) is 12.3. The van der Waals surface area contributed by atoms with E-state index in [1.807, 2.05) is 39.5 Å². The van der Waals surface area contributed by atoms with Crippen LogP contribution in [0.1, 0.15) is 64.9 Å². The smallest absolute Gasteiger partial charge is 0.410 e. The number of esters is 1. The Balaban J connectivity index is 1.87. The van der Waals surface area contributed by atoms with Crippen LogP contribution in [-0.2, 0) is 9.47 Å². The number of likely N-dealkylation sites (N-methyl/N-ethyl adjacent to an activating group) is 1. The number of nitrogens with zero attached hydrogens (tertiary/aromatic N) is 5. The molecule has 0 spiro atoms. The zero-order valence-electron chi connectivity index (χ0n) is 22.0. The Morgan fingerprint density at radius 3 is 2.46 bits per heavy atom. The molecule has 3 heterocycles. The summed E-state index contributed by atoms with van der Waals surface area (Å²) in [6.45, 7) is 13.7. The minimum Gasteiger partial charge on any atom is -0.462 e. The lowest BCUT2D eigenvalue weighted by molar-refractivity contribution is 0.0129. The number of anilines is 2. The molecule has 3 atom stereocenters. The van der Waals surface area contributed by atoms with E-state index in [2.05, 4.69) is 21.9 Å². The fourth-order valence-electron chi connectivity index (χ4n) is 4.43. The van der Waals surface area contributed by atoms with Crippen molar-refractivity contribution in [1.82, 2.24) is 19.8 Å². The molecule has 2 aliphatic rings. The van der Waals surface area contributed by atoms with E-state index in [9.17, 15) is 9.59 Å². The van der Waals surface area contributed by atoms with Gasteiger partial charge in [-0.1, -0.05) is 0 Å². The lowest BCUT2D eigenvalue weighted by Crippen LogP contribution is -2.59. The van der Waals surface area contributed by atoms with Crippen molar-refractivity contribution in [3.8, 4) is 6.01 Å². The fourth-order valence-corrected chi connectivity index (χ4v) is 4.43. The van der Waals surface area contributed by atoms with E-state index in [4.69, 9.17) is 19.9 Å². The minimum atomic E-state index is -0.621. The van der Waals surface area contributed by atoms with Gasteiger partial charge in [0.1, 0.15) is 17.9 Å². The second kappa shape index (κ2) is 10.8. The molecule has 0 aromatic carbocycles. The molecule has 0 radical (unpaired) electrons. The maximum atomic E-state index is 12.7. The van der Waals surface area contributed by atoms with Crippen LogP contribution >= 0.6 is 0 Å². The molecular weight excluding hydrogens is 452 g/mol. The van der Waals surface area contributed by atoms with Gasteiger partial charge in [-0.25, -0.2) is 9.59 Å². The van der Waals surface area contributed by atoms with Crippen molar-refractivity contribution in [2.24, 2.45) is 0 Å². The summed E-state index contributed by atoms with van der Waals surface area (Å²) in [4.78, 5) is 40.2. The summed E-state index contributed by atoms with van der Waals surface area (Å²) in [7, 11) is 2.06. The number of hydrogen-bond donors (Lipinski definition) is 1. The zero-order chi connectivity index (χ0) is 25.9. The number of nitrogen functional groups attached to an aromatic ring is 1. The third kappa shape index (κ3) is 6.45. The van der Waals surface area contributed by atoms with Crippen LogP contribution in [0.2, 0.25) is 0 Å². The molecule has 2 saturated heterocycles. The van der Waals surface area contributed by atoms with Crippen LogP contribution < -0.4 is 15.4 Å². The van der Waals surface area contributed by atoms with Crippen molar-refractivity contribution >= 4 is 23.6 Å². The van der Waals surface area contributed by atoms with Gasteiger partial charge in [0.05, 0.1) is 6.61 Å². The Kier molecular flexibility index (Phi) is 8.30. The van der Waals surface area contributed by atoms with E-state index in [1.165, 1.54) is 0 Å². The number of likely N-dealkylation sites (tertiary alicyclic amines) is 1. The normalized spacial score (nSPS) is 23.3. The van der Waals surface area contributed by atoms with Crippen molar-refractivity contribution in [2.45, 2.75) is 78.1 Å². The number of aromatic nitrogens is 2. The molecule has 196 valence electrons. The van der Waals surface area contributed by atoms with Crippen LogP contribution in [0.5, 0.6) is 6.01 Å². The topological polar surface area (TPSA) is 123 Å². The van der Waals surface area contributed by atoms with Crippen LogP contribution in [0.25, 0.3) is 0 Å². The third-order valence-corrected chi connectivity index (χ3v) is 6.34. The highest BCUT2D eigenvalue weighted by molar-refractivity contribution is 5.96. The average molecular weight is 493 g/mol. The molecule has 0 bridgehead atoms. The number of carbonyl (C=O) groups is 2. The van der Waals surface area contributed by atoms with E-state index < -0.39 is 11.6 Å². The van der Waals surface area contributed by atoms with Gasteiger partial charge in [-0.3, -0.25) is 0 Å².